The van der Waals surface area contributed by atoms with Gasteiger partial charge in [-0.05, 0) is 0 Å². The molecule has 1 aromatic rings. The molecule has 0 fully saturated rings. The Morgan fingerprint density at radius 1 is 1.10 bits per heavy atom. The Labute approximate surface area is 72.4 Å². The quantitative estimate of drug-likeness (QED) is 0.451. The summed E-state index contributed by atoms with van der Waals surface area (Å²) in [5, 5.41) is 0. The summed E-state index contributed by atoms with van der Waals surface area (Å²) >= 11 is 0. The molecule has 0 heterocycles. The predicted octanol–water partition coefficient (Wildman–Crippen LogP) is 2.53. The van der Waals surface area contributed by atoms with Gasteiger partial charge in [0.25, 0.3) is 0 Å². The van der Waals surface area contributed by atoms with Crippen LogP contribution in [0.1, 0.15) is 5.56 Å². The SMILES string of the molecule is [CH2-]C=Cc1ccccc1.[Mn]. The Balaban J connectivity index is 0.000000810. The summed E-state index contributed by atoms with van der Waals surface area (Å²) in [6, 6.07) is 10.1. The maximum Gasteiger partial charge on any atom is 0 e. The van der Waals surface area contributed by atoms with Gasteiger partial charge < -0.3 is 0 Å². The molecule has 0 unspecified atom stereocenters. The van der Waals surface area contributed by atoms with Gasteiger partial charge in [0.05, 0.1) is 0 Å². The monoisotopic (exact) mass is 172 g/mol. The minimum absolute atomic E-state index is 0. The first kappa shape index (κ1) is 9.35. The first-order chi connectivity index (χ1) is 4.43. The molecule has 1 radical (unpaired) electrons. The molecule has 0 aliphatic rings. The Morgan fingerprint density at radius 3 is 2.20 bits per heavy atom. The van der Waals surface area contributed by atoms with E-state index in [1.54, 1.807) is 6.08 Å². The van der Waals surface area contributed by atoms with Crippen molar-refractivity contribution in [2.24, 2.45) is 0 Å². The fourth-order valence-corrected chi connectivity index (χ4v) is 0.700. The van der Waals surface area contributed by atoms with Gasteiger partial charge in [-0.25, -0.2) is 19.1 Å². The molecule has 0 aliphatic carbocycles. The average Bonchev–Trinajstić information content (AvgIpc) is 1.91. The summed E-state index contributed by atoms with van der Waals surface area (Å²) < 4.78 is 0. The summed E-state index contributed by atoms with van der Waals surface area (Å²) in [7, 11) is 0. The van der Waals surface area contributed by atoms with Crippen molar-refractivity contribution in [1.82, 2.24) is 0 Å². The Bertz CT molecular complexity index is 189. The van der Waals surface area contributed by atoms with E-state index in [9.17, 15) is 0 Å². The molecular weight excluding hydrogens is 163 g/mol. The van der Waals surface area contributed by atoms with Crippen molar-refractivity contribution in [3.8, 4) is 0 Å². The molecule has 0 saturated carbocycles. The van der Waals surface area contributed by atoms with E-state index < -0.39 is 0 Å². The second-order valence-electron chi connectivity index (χ2n) is 1.81. The zero-order chi connectivity index (χ0) is 6.53. The standard InChI is InChI=1S/C9H9.Mn/c1-2-6-9-7-4-3-5-8-9;/h2-8H,1H2;/q-1;. The number of hydrogen-bond acceptors (Lipinski definition) is 0. The molecule has 0 aliphatic heterocycles. The van der Waals surface area contributed by atoms with Gasteiger partial charge in [0.15, 0.2) is 0 Å². The normalized spacial score (nSPS) is 9.20. The van der Waals surface area contributed by atoms with Crippen molar-refractivity contribution in [1.29, 1.82) is 0 Å². The van der Waals surface area contributed by atoms with Crippen LogP contribution in [0, 0.1) is 6.92 Å². The van der Waals surface area contributed by atoms with Crippen molar-refractivity contribution in [3.05, 3.63) is 48.9 Å². The second kappa shape index (κ2) is 5.16. The molecule has 0 spiro atoms. The predicted molar refractivity (Wildman–Crippen MR) is 40.8 cm³/mol. The van der Waals surface area contributed by atoms with Crippen LogP contribution < -0.4 is 0 Å². The van der Waals surface area contributed by atoms with Gasteiger partial charge in [0, 0.05) is 17.1 Å². The zero-order valence-electron chi connectivity index (χ0n) is 5.63. The average molecular weight is 172 g/mol. The molecule has 0 aromatic heterocycles. The third kappa shape index (κ3) is 2.77. The van der Waals surface area contributed by atoms with E-state index in [4.69, 9.17) is 0 Å². The smallest absolute Gasteiger partial charge is 0 e. The summed E-state index contributed by atoms with van der Waals surface area (Å²) in [6.45, 7) is 3.60. The first-order valence-corrected chi connectivity index (χ1v) is 2.94. The molecule has 0 N–H and O–H groups in total. The molecular formula is C9H9Mn-. The molecule has 0 nitrogen and oxygen atoms in total. The number of rotatable bonds is 1. The van der Waals surface area contributed by atoms with Gasteiger partial charge >= 0.3 is 0 Å². The van der Waals surface area contributed by atoms with Crippen molar-refractivity contribution < 1.29 is 17.1 Å². The van der Waals surface area contributed by atoms with Gasteiger partial charge in [-0.3, -0.25) is 0 Å². The van der Waals surface area contributed by atoms with Crippen LogP contribution in [0.3, 0.4) is 0 Å². The molecule has 1 rings (SSSR count). The van der Waals surface area contributed by atoms with Crippen LogP contribution in [0.4, 0.5) is 0 Å². The van der Waals surface area contributed by atoms with Gasteiger partial charge in [0.2, 0.25) is 0 Å². The van der Waals surface area contributed by atoms with Crippen LogP contribution in [0.5, 0.6) is 0 Å². The maximum absolute atomic E-state index is 3.60. The van der Waals surface area contributed by atoms with Crippen molar-refractivity contribution >= 4 is 6.08 Å². The zero-order valence-corrected chi connectivity index (χ0v) is 6.81. The van der Waals surface area contributed by atoms with Gasteiger partial charge in [-0.1, -0.05) is 30.3 Å². The molecule has 53 valence electrons. The fourth-order valence-electron chi connectivity index (χ4n) is 0.700. The third-order valence-electron chi connectivity index (χ3n) is 1.11. The van der Waals surface area contributed by atoms with Crippen LogP contribution in [0.15, 0.2) is 36.4 Å². The van der Waals surface area contributed by atoms with E-state index in [0.717, 1.165) is 0 Å². The first-order valence-electron chi connectivity index (χ1n) is 2.94. The van der Waals surface area contributed by atoms with E-state index >= 15 is 0 Å². The topological polar surface area (TPSA) is 0 Å². The van der Waals surface area contributed by atoms with Crippen molar-refractivity contribution in [2.45, 2.75) is 0 Å². The van der Waals surface area contributed by atoms with Crippen molar-refractivity contribution in [2.75, 3.05) is 0 Å². The van der Waals surface area contributed by atoms with Gasteiger partial charge in [0.1, 0.15) is 0 Å². The molecule has 0 bridgehead atoms. The van der Waals surface area contributed by atoms with E-state index in [1.807, 2.05) is 36.4 Å². The van der Waals surface area contributed by atoms with Crippen LogP contribution in [0.2, 0.25) is 0 Å². The maximum atomic E-state index is 3.60. The molecule has 0 atom stereocenters. The number of hydrogen-bond donors (Lipinski definition) is 0. The second-order valence-corrected chi connectivity index (χ2v) is 1.81. The fraction of sp³-hybridized carbons (Fsp3) is 0. The Hall–Kier alpha value is -0.651. The van der Waals surface area contributed by atoms with Crippen LogP contribution in [-0.4, -0.2) is 0 Å². The van der Waals surface area contributed by atoms with Gasteiger partial charge in [-0.15, -0.1) is 5.56 Å². The Morgan fingerprint density at radius 2 is 1.70 bits per heavy atom. The van der Waals surface area contributed by atoms with Crippen molar-refractivity contribution in [3.63, 3.8) is 0 Å². The van der Waals surface area contributed by atoms with Crippen LogP contribution in [0.25, 0.3) is 6.08 Å². The van der Waals surface area contributed by atoms with Gasteiger partial charge in [-0.2, -0.15) is 0 Å². The van der Waals surface area contributed by atoms with Crippen LogP contribution >= 0.6 is 0 Å². The number of allylic oxidation sites excluding steroid dienone is 1. The summed E-state index contributed by atoms with van der Waals surface area (Å²) in [5.41, 5.74) is 1.20. The summed E-state index contributed by atoms with van der Waals surface area (Å²) in [6.07, 6.45) is 3.76. The molecule has 0 saturated heterocycles. The molecule has 10 heavy (non-hydrogen) atoms. The number of benzene rings is 1. The summed E-state index contributed by atoms with van der Waals surface area (Å²) in [5.74, 6) is 0. The largest absolute Gasteiger partial charge is 0.245 e. The molecule has 1 heteroatoms. The Kier molecular flexibility index (Phi) is 4.82. The minimum atomic E-state index is 0. The van der Waals surface area contributed by atoms with E-state index in [0.29, 0.717) is 0 Å². The van der Waals surface area contributed by atoms with E-state index in [2.05, 4.69) is 6.92 Å². The minimum Gasteiger partial charge on any atom is -0.245 e. The molecule has 0 amide bonds. The molecule has 1 aromatic carbocycles. The van der Waals surface area contributed by atoms with E-state index in [-0.39, 0.29) is 17.1 Å². The van der Waals surface area contributed by atoms with E-state index in [1.165, 1.54) is 5.56 Å². The van der Waals surface area contributed by atoms with Crippen LogP contribution in [-0.2, 0) is 17.1 Å². The third-order valence-corrected chi connectivity index (χ3v) is 1.11. The summed E-state index contributed by atoms with van der Waals surface area (Å²) in [4.78, 5) is 0.